The molecule has 0 aliphatic heterocycles. The van der Waals surface area contributed by atoms with Gasteiger partial charge in [-0.05, 0) is 31.2 Å². The fraction of sp³-hybridized carbons (Fsp3) is 0.533. The Kier molecular flexibility index (Phi) is 4.35. The zero-order valence-corrected chi connectivity index (χ0v) is 10.9. The van der Waals surface area contributed by atoms with Crippen LogP contribution < -0.4 is 5.32 Å². The molecule has 0 heterocycles. The maximum atomic E-state index is 9.43. The Bertz CT molecular complexity index is 402. The highest BCUT2D eigenvalue weighted by Crippen LogP contribution is 2.29. The van der Waals surface area contributed by atoms with Gasteiger partial charge in [-0.1, -0.05) is 30.3 Å². The summed E-state index contributed by atoms with van der Waals surface area (Å²) in [5.74, 6) is 0. The van der Waals surface area contributed by atoms with Crippen LogP contribution in [0.15, 0.2) is 30.3 Å². The number of benzene rings is 1. The molecule has 2 rings (SSSR count). The van der Waals surface area contributed by atoms with Crippen LogP contribution >= 0.6 is 0 Å². The van der Waals surface area contributed by atoms with Gasteiger partial charge in [0, 0.05) is 13.7 Å². The van der Waals surface area contributed by atoms with E-state index in [9.17, 15) is 5.26 Å². The first-order chi connectivity index (χ1) is 8.78. The number of ether oxygens (including phenoxy) is 1. The lowest BCUT2D eigenvalue weighted by Crippen LogP contribution is -2.47. The van der Waals surface area contributed by atoms with Crippen LogP contribution in [0.1, 0.15) is 31.2 Å². The molecule has 0 spiro atoms. The zero-order chi connectivity index (χ0) is 12.8. The van der Waals surface area contributed by atoms with Gasteiger partial charge in [0.25, 0.3) is 0 Å². The summed E-state index contributed by atoms with van der Waals surface area (Å²) in [5, 5.41) is 12.9. The number of nitrogens with zero attached hydrogens (tertiary/aromatic N) is 1. The molecule has 0 atom stereocenters. The molecule has 1 aliphatic rings. The molecule has 0 saturated heterocycles. The van der Waals surface area contributed by atoms with Gasteiger partial charge in [-0.2, -0.15) is 5.26 Å². The number of nitriles is 1. The molecule has 0 aromatic heterocycles. The van der Waals surface area contributed by atoms with Crippen LogP contribution in [0.25, 0.3) is 0 Å². The Morgan fingerprint density at radius 2 is 2.00 bits per heavy atom. The van der Waals surface area contributed by atoms with Crippen LogP contribution in [0.2, 0.25) is 0 Å². The number of rotatable bonds is 4. The highest BCUT2D eigenvalue weighted by molar-refractivity contribution is 5.17. The van der Waals surface area contributed by atoms with Crippen molar-refractivity contribution in [1.82, 2.24) is 5.32 Å². The van der Waals surface area contributed by atoms with Gasteiger partial charge in [0.15, 0.2) is 0 Å². The monoisotopic (exact) mass is 244 g/mol. The summed E-state index contributed by atoms with van der Waals surface area (Å²) < 4.78 is 5.35. The van der Waals surface area contributed by atoms with E-state index in [0.29, 0.717) is 6.10 Å². The predicted molar refractivity (Wildman–Crippen MR) is 70.9 cm³/mol. The molecule has 1 saturated carbocycles. The summed E-state index contributed by atoms with van der Waals surface area (Å²) in [6.07, 6.45) is 3.99. The van der Waals surface area contributed by atoms with E-state index in [4.69, 9.17) is 4.74 Å². The summed E-state index contributed by atoms with van der Waals surface area (Å²) in [6.45, 7) is 0.756. The summed E-state index contributed by atoms with van der Waals surface area (Å²) in [5.41, 5.74) is 0.853. The minimum absolute atomic E-state index is 0.324. The van der Waals surface area contributed by atoms with Crippen LogP contribution in [0, 0.1) is 11.3 Å². The van der Waals surface area contributed by atoms with Gasteiger partial charge in [-0.25, -0.2) is 0 Å². The topological polar surface area (TPSA) is 45.0 Å². The Balaban J connectivity index is 1.92. The van der Waals surface area contributed by atoms with Gasteiger partial charge >= 0.3 is 0 Å². The molecule has 3 heteroatoms. The van der Waals surface area contributed by atoms with Crippen molar-refractivity contribution in [3.63, 3.8) is 0 Å². The van der Waals surface area contributed by atoms with Gasteiger partial charge in [0.2, 0.25) is 0 Å². The fourth-order valence-electron chi connectivity index (χ4n) is 2.52. The summed E-state index contributed by atoms with van der Waals surface area (Å²) in [7, 11) is 1.75. The number of methoxy groups -OCH3 is 1. The summed E-state index contributed by atoms with van der Waals surface area (Å²) in [4.78, 5) is 0. The third-order valence-electron chi connectivity index (χ3n) is 3.81. The van der Waals surface area contributed by atoms with E-state index in [2.05, 4.69) is 23.5 Å². The Labute approximate surface area is 109 Å². The first-order valence-corrected chi connectivity index (χ1v) is 6.51. The third kappa shape index (κ3) is 3.10. The first kappa shape index (κ1) is 13.1. The molecule has 0 amide bonds. The molecule has 1 aliphatic carbocycles. The lowest BCUT2D eigenvalue weighted by atomic mass is 9.81. The van der Waals surface area contributed by atoms with E-state index in [1.165, 1.54) is 5.56 Å². The van der Waals surface area contributed by atoms with Crippen LogP contribution in [0.5, 0.6) is 0 Å². The molecular weight excluding hydrogens is 224 g/mol. The molecular formula is C15H20N2O. The van der Waals surface area contributed by atoms with Crippen molar-refractivity contribution < 1.29 is 4.74 Å². The van der Waals surface area contributed by atoms with E-state index in [-0.39, 0.29) is 5.54 Å². The van der Waals surface area contributed by atoms with E-state index in [1.807, 2.05) is 18.2 Å². The quantitative estimate of drug-likeness (QED) is 0.885. The van der Waals surface area contributed by atoms with Gasteiger partial charge in [0.1, 0.15) is 5.54 Å². The second-order valence-electron chi connectivity index (χ2n) is 4.97. The van der Waals surface area contributed by atoms with Crippen molar-refractivity contribution in [2.75, 3.05) is 7.11 Å². The Morgan fingerprint density at radius 1 is 1.33 bits per heavy atom. The van der Waals surface area contributed by atoms with E-state index in [0.717, 1.165) is 32.2 Å². The lowest BCUT2D eigenvalue weighted by Gasteiger charge is -2.35. The normalized spacial score (nSPS) is 27.7. The van der Waals surface area contributed by atoms with Crippen molar-refractivity contribution >= 4 is 0 Å². The maximum Gasteiger partial charge on any atom is 0.107 e. The van der Waals surface area contributed by atoms with Crippen LogP contribution in [0.4, 0.5) is 0 Å². The van der Waals surface area contributed by atoms with Crippen LogP contribution in [-0.4, -0.2) is 18.8 Å². The largest absolute Gasteiger partial charge is 0.381 e. The van der Waals surface area contributed by atoms with Gasteiger partial charge in [-0.3, -0.25) is 5.32 Å². The zero-order valence-electron chi connectivity index (χ0n) is 10.9. The molecule has 0 radical (unpaired) electrons. The predicted octanol–water partition coefficient (Wildman–Crippen LogP) is 2.63. The Hall–Kier alpha value is -1.37. The van der Waals surface area contributed by atoms with Crippen LogP contribution in [-0.2, 0) is 11.3 Å². The number of nitrogens with one attached hydrogen (secondary N) is 1. The van der Waals surface area contributed by atoms with E-state index in [1.54, 1.807) is 7.11 Å². The molecule has 1 aromatic rings. The van der Waals surface area contributed by atoms with Crippen molar-refractivity contribution in [3.05, 3.63) is 35.9 Å². The molecule has 96 valence electrons. The smallest absolute Gasteiger partial charge is 0.107 e. The highest BCUT2D eigenvalue weighted by atomic mass is 16.5. The van der Waals surface area contributed by atoms with E-state index < -0.39 is 0 Å². The third-order valence-corrected chi connectivity index (χ3v) is 3.81. The minimum Gasteiger partial charge on any atom is -0.381 e. The maximum absolute atomic E-state index is 9.43. The van der Waals surface area contributed by atoms with Crippen molar-refractivity contribution in [2.45, 2.75) is 43.9 Å². The van der Waals surface area contributed by atoms with E-state index >= 15 is 0 Å². The molecule has 3 nitrogen and oxygen atoms in total. The lowest BCUT2D eigenvalue weighted by molar-refractivity contribution is 0.0521. The molecule has 1 N–H and O–H groups in total. The van der Waals surface area contributed by atoms with Gasteiger partial charge in [-0.15, -0.1) is 0 Å². The molecule has 18 heavy (non-hydrogen) atoms. The molecule has 0 unspecified atom stereocenters. The Morgan fingerprint density at radius 3 is 2.56 bits per heavy atom. The number of hydrogen-bond acceptors (Lipinski definition) is 3. The standard InChI is InChI=1S/C15H20N2O/c1-18-14-7-9-15(12-16,10-8-14)17-11-13-5-3-2-4-6-13/h2-6,14,17H,7-11H2,1H3. The highest BCUT2D eigenvalue weighted by Gasteiger charge is 2.34. The second kappa shape index (κ2) is 5.99. The molecule has 1 fully saturated rings. The van der Waals surface area contributed by atoms with Crippen molar-refractivity contribution in [2.24, 2.45) is 0 Å². The molecule has 1 aromatic carbocycles. The first-order valence-electron chi connectivity index (χ1n) is 6.51. The summed E-state index contributed by atoms with van der Waals surface area (Å²) in [6, 6.07) is 12.7. The molecule has 0 bridgehead atoms. The van der Waals surface area contributed by atoms with Crippen molar-refractivity contribution in [1.29, 1.82) is 5.26 Å². The average molecular weight is 244 g/mol. The average Bonchev–Trinajstić information content (AvgIpc) is 2.47. The van der Waals surface area contributed by atoms with Crippen LogP contribution in [0.3, 0.4) is 0 Å². The van der Waals surface area contributed by atoms with Gasteiger partial charge < -0.3 is 4.74 Å². The number of hydrogen-bond donors (Lipinski definition) is 1. The fourth-order valence-corrected chi connectivity index (χ4v) is 2.52. The summed E-state index contributed by atoms with van der Waals surface area (Å²) >= 11 is 0. The SMILES string of the molecule is COC1CCC(C#N)(NCc2ccccc2)CC1. The van der Waals surface area contributed by atoms with Gasteiger partial charge in [0.05, 0.1) is 12.2 Å². The van der Waals surface area contributed by atoms with Crippen molar-refractivity contribution in [3.8, 4) is 6.07 Å². The minimum atomic E-state index is -0.370. The second-order valence-corrected chi connectivity index (χ2v) is 4.97.